The summed E-state index contributed by atoms with van der Waals surface area (Å²) in [5.74, 6) is 0.0379. The third-order valence-electron chi connectivity index (χ3n) is 3.18. The number of Topliss-reactive ketones (excluding diaryl/α,β-unsaturated/α-hetero) is 1. The molecule has 0 saturated carbocycles. The zero-order chi connectivity index (χ0) is 16.8. The lowest BCUT2D eigenvalue weighted by molar-refractivity contribution is -0.122. The molecule has 0 radical (unpaired) electrons. The molecule has 1 amide bonds. The van der Waals surface area contributed by atoms with Crippen LogP contribution in [-0.2, 0) is 4.79 Å². The van der Waals surface area contributed by atoms with Gasteiger partial charge in [-0.1, -0.05) is 18.2 Å². The van der Waals surface area contributed by atoms with Crippen molar-refractivity contribution in [3.63, 3.8) is 0 Å². The Morgan fingerprint density at radius 3 is 2.61 bits per heavy atom. The van der Waals surface area contributed by atoms with Crippen LogP contribution in [0.5, 0.6) is 5.75 Å². The second-order valence-corrected chi connectivity index (χ2v) is 5.03. The summed E-state index contributed by atoms with van der Waals surface area (Å²) in [6.45, 7) is 3.08. The van der Waals surface area contributed by atoms with Crippen molar-refractivity contribution < 1.29 is 14.3 Å². The fourth-order valence-corrected chi connectivity index (χ4v) is 1.96. The van der Waals surface area contributed by atoms with E-state index in [9.17, 15) is 9.59 Å². The first kappa shape index (κ1) is 16.2. The van der Waals surface area contributed by atoms with Crippen molar-refractivity contribution in [2.75, 3.05) is 5.32 Å². The van der Waals surface area contributed by atoms with Gasteiger partial charge in [0.25, 0.3) is 5.91 Å². The average Bonchev–Trinajstić information content (AvgIpc) is 2.55. The minimum Gasteiger partial charge on any atom is -0.481 e. The van der Waals surface area contributed by atoms with Gasteiger partial charge in [0.05, 0.1) is 11.6 Å². The molecule has 0 spiro atoms. The SMILES string of the molecule is CC(=O)c1cccc(NC(=O)[C@H](C)Oc2cccc(C#N)c2)c1. The second-order valence-electron chi connectivity index (χ2n) is 5.03. The number of carbonyl (C=O) groups is 2. The van der Waals surface area contributed by atoms with Crippen molar-refractivity contribution in [1.82, 2.24) is 0 Å². The van der Waals surface area contributed by atoms with Crippen LogP contribution in [0.1, 0.15) is 29.8 Å². The minimum absolute atomic E-state index is 0.0706. The largest absolute Gasteiger partial charge is 0.481 e. The predicted molar refractivity (Wildman–Crippen MR) is 86.3 cm³/mol. The van der Waals surface area contributed by atoms with E-state index >= 15 is 0 Å². The van der Waals surface area contributed by atoms with Crippen molar-refractivity contribution in [2.24, 2.45) is 0 Å². The lowest BCUT2D eigenvalue weighted by Gasteiger charge is -2.15. The molecule has 0 aliphatic heterocycles. The second kappa shape index (κ2) is 7.23. The van der Waals surface area contributed by atoms with Crippen LogP contribution in [0.4, 0.5) is 5.69 Å². The van der Waals surface area contributed by atoms with E-state index < -0.39 is 6.10 Å². The fourth-order valence-electron chi connectivity index (χ4n) is 1.96. The Morgan fingerprint density at radius 2 is 1.91 bits per heavy atom. The molecule has 0 heterocycles. The smallest absolute Gasteiger partial charge is 0.265 e. The Morgan fingerprint density at radius 1 is 1.17 bits per heavy atom. The summed E-state index contributed by atoms with van der Waals surface area (Å²) in [5, 5.41) is 11.6. The quantitative estimate of drug-likeness (QED) is 0.860. The van der Waals surface area contributed by atoms with E-state index in [1.807, 2.05) is 6.07 Å². The van der Waals surface area contributed by atoms with Crippen LogP contribution >= 0.6 is 0 Å². The molecule has 0 aliphatic carbocycles. The zero-order valence-electron chi connectivity index (χ0n) is 12.9. The van der Waals surface area contributed by atoms with Gasteiger partial charge in [0.1, 0.15) is 5.75 Å². The molecule has 0 aliphatic rings. The molecule has 0 bridgehead atoms. The Labute approximate surface area is 134 Å². The van der Waals surface area contributed by atoms with Crippen LogP contribution in [-0.4, -0.2) is 17.8 Å². The number of nitrogens with zero attached hydrogens (tertiary/aromatic N) is 1. The van der Waals surface area contributed by atoms with E-state index in [4.69, 9.17) is 10.00 Å². The van der Waals surface area contributed by atoms with Gasteiger partial charge in [0, 0.05) is 11.3 Å². The molecule has 5 heteroatoms. The normalized spacial score (nSPS) is 11.2. The van der Waals surface area contributed by atoms with E-state index in [-0.39, 0.29) is 11.7 Å². The maximum Gasteiger partial charge on any atom is 0.265 e. The highest BCUT2D eigenvalue weighted by molar-refractivity contribution is 5.98. The Kier molecular flexibility index (Phi) is 5.11. The van der Waals surface area contributed by atoms with Crippen LogP contribution in [0.25, 0.3) is 0 Å². The van der Waals surface area contributed by atoms with Crippen LogP contribution in [0.2, 0.25) is 0 Å². The predicted octanol–water partition coefficient (Wildman–Crippen LogP) is 3.17. The summed E-state index contributed by atoms with van der Waals surface area (Å²) in [5.41, 5.74) is 1.52. The molecule has 2 rings (SSSR count). The molecule has 2 aromatic rings. The first-order valence-corrected chi connectivity index (χ1v) is 7.08. The Hall–Kier alpha value is -3.13. The molecule has 116 valence electrons. The molecular formula is C18H16N2O3. The van der Waals surface area contributed by atoms with Gasteiger partial charge in [-0.3, -0.25) is 9.59 Å². The summed E-state index contributed by atoms with van der Waals surface area (Å²) in [6.07, 6.45) is -0.745. The number of amides is 1. The van der Waals surface area contributed by atoms with Crippen molar-refractivity contribution in [1.29, 1.82) is 5.26 Å². The third kappa shape index (κ3) is 4.42. The summed E-state index contributed by atoms with van der Waals surface area (Å²) < 4.78 is 5.54. The van der Waals surface area contributed by atoms with E-state index in [0.29, 0.717) is 22.6 Å². The summed E-state index contributed by atoms with van der Waals surface area (Å²) in [4.78, 5) is 23.5. The molecule has 0 unspecified atom stereocenters. The number of nitrogens with one attached hydrogen (secondary N) is 1. The number of nitriles is 1. The van der Waals surface area contributed by atoms with Gasteiger partial charge < -0.3 is 10.1 Å². The van der Waals surface area contributed by atoms with Crippen molar-refractivity contribution in [3.8, 4) is 11.8 Å². The molecule has 1 atom stereocenters. The summed E-state index contributed by atoms with van der Waals surface area (Å²) in [7, 11) is 0. The Balaban J connectivity index is 2.04. The van der Waals surface area contributed by atoms with Gasteiger partial charge in [-0.15, -0.1) is 0 Å². The van der Waals surface area contributed by atoms with E-state index in [2.05, 4.69) is 5.32 Å². The van der Waals surface area contributed by atoms with Gasteiger partial charge >= 0.3 is 0 Å². The molecule has 0 fully saturated rings. The number of hydrogen-bond donors (Lipinski definition) is 1. The van der Waals surface area contributed by atoms with Crippen molar-refractivity contribution in [3.05, 3.63) is 59.7 Å². The van der Waals surface area contributed by atoms with Crippen LogP contribution in [0, 0.1) is 11.3 Å². The first-order valence-electron chi connectivity index (χ1n) is 7.08. The van der Waals surface area contributed by atoms with Gasteiger partial charge in [-0.25, -0.2) is 0 Å². The average molecular weight is 308 g/mol. The van der Waals surface area contributed by atoms with E-state index in [1.165, 1.54) is 6.92 Å². The van der Waals surface area contributed by atoms with Crippen LogP contribution in [0.3, 0.4) is 0 Å². The fraction of sp³-hybridized carbons (Fsp3) is 0.167. The number of carbonyl (C=O) groups excluding carboxylic acids is 2. The highest BCUT2D eigenvalue weighted by Gasteiger charge is 2.15. The van der Waals surface area contributed by atoms with Crippen molar-refractivity contribution in [2.45, 2.75) is 20.0 Å². The van der Waals surface area contributed by atoms with Crippen molar-refractivity contribution >= 4 is 17.4 Å². The molecule has 1 N–H and O–H groups in total. The molecule has 0 aromatic heterocycles. The van der Waals surface area contributed by atoms with Gasteiger partial charge in [0.2, 0.25) is 0 Å². The number of anilines is 1. The molecule has 5 nitrogen and oxygen atoms in total. The standard InChI is InChI=1S/C18H16N2O3/c1-12(21)15-6-4-7-16(10-15)20-18(22)13(2)23-17-8-3-5-14(9-17)11-19/h3-10,13H,1-2H3,(H,20,22)/t13-/m0/s1. The highest BCUT2D eigenvalue weighted by Crippen LogP contribution is 2.16. The summed E-state index contributed by atoms with van der Waals surface area (Å²) >= 11 is 0. The third-order valence-corrected chi connectivity index (χ3v) is 3.18. The molecular weight excluding hydrogens is 292 g/mol. The lowest BCUT2D eigenvalue weighted by Crippen LogP contribution is -2.30. The van der Waals surface area contributed by atoms with Crippen LogP contribution < -0.4 is 10.1 Å². The maximum atomic E-state index is 12.2. The number of benzene rings is 2. The maximum absolute atomic E-state index is 12.2. The molecule has 2 aromatic carbocycles. The van der Waals surface area contributed by atoms with E-state index in [1.54, 1.807) is 55.5 Å². The monoisotopic (exact) mass is 308 g/mol. The zero-order valence-corrected chi connectivity index (χ0v) is 12.9. The first-order chi connectivity index (χ1) is 11.0. The molecule has 23 heavy (non-hydrogen) atoms. The van der Waals surface area contributed by atoms with Gasteiger partial charge in [0.15, 0.2) is 11.9 Å². The number of ether oxygens (including phenoxy) is 1. The number of hydrogen-bond acceptors (Lipinski definition) is 4. The minimum atomic E-state index is -0.745. The van der Waals surface area contributed by atoms with E-state index in [0.717, 1.165) is 0 Å². The Bertz CT molecular complexity index is 778. The van der Waals surface area contributed by atoms with Gasteiger partial charge in [-0.05, 0) is 44.2 Å². The highest BCUT2D eigenvalue weighted by atomic mass is 16.5. The lowest BCUT2D eigenvalue weighted by atomic mass is 10.1. The molecule has 0 saturated heterocycles. The number of ketones is 1. The topological polar surface area (TPSA) is 79.2 Å². The number of rotatable bonds is 5. The van der Waals surface area contributed by atoms with Crippen LogP contribution in [0.15, 0.2) is 48.5 Å². The summed E-state index contributed by atoms with van der Waals surface area (Å²) in [6, 6.07) is 15.3. The van der Waals surface area contributed by atoms with Gasteiger partial charge in [-0.2, -0.15) is 5.26 Å².